The lowest BCUT2D eigenvalue weighted by molar-refractivity contribution is -0.115. The number of thiazole rings is 2. The zero-order valence-corrected chi connectivity index (χ0v) is 15.7. The van der Waals surface area contributed by atoms with E-state index in [4.69, 9.17) is 9.15 Å². The molecule has 1 N–H and O–H groups in total. The molecule has 3 heterocycles. The number of rotatable bonds is 5. The lowest BCUT2D eigenvalue weighted by atomic mass is 10.3. The van der Waals surface area contributed by atoms with Crippen molar-refractivity contribution in [2.45, 2.75) is 13.3 Å². The number of aromatic nitrogens is 2. The van der Waals surface area contributed by atoms with Crippen LogP contribution in [0.4, 0.5) is 5.13 Å². The number of hydrogen-bond acceptors (Lipinski definition) is 7. The predicted molar refractivity (Wildman–Crippen MR) is 103 cm³/mol. The van der Waals surface area contributed by atoms with E-state index < -0.39 is 0 Å². The summed E-state index contributed by atoms with van der Waals surface area (Å²) in [6.45, 7) is 1.89. The van der Waals surface area contributed by atoms with Crippen molar-refractivity contribution in [3.63, 3.8) is 0 Å². The Kier molecular flexibility index (Phi) is 4.44. The van der Waals surface area contributed by atoms with Crippen LogP contribution in [0.2, 0.25) is 0 Å². The molecular formula is C18H15N3O3S2. The summed E-state index contributed by atoms with van der Waals surface area (Å²) < 4.78 is 11.8. The fraction of sp³-hybridized carbons (Fsp3) is 0.167. The van der Waals surface area contributed by atoms with Gasteiger partial charge in [0.15, 0.2) is 15.9 Å². The molecule has 1 amide bonds. The molecule has 3 aromatic heterocycles. The van der Waals surface area contributed by atoms with Crippen LogP contribution in [0.5, 0.6) is 5.75 Å². The average Bonchev–Trinajstić information content (AvgIpc) is 3.33. The average molecular weight is 385 g/mol. The van der Waals surface area contributed by atoms with Crippen LogP contribution in [0.25, 0.3) is 21.0 Å². The minimum Gasteiger partial charge on any atom is -0.494 e. The van der Waals surface area contributed by atoms with Crippen molar-refractivity contribution in [1.29, 1.82) is 0 Å². The second-order valence-electron chi connectivity index (χ2n) is 5.61. The van der Waals surface area contributed by atoms with Gasteiger partial charge in [0.05, 0.1) is 23.9 Å². The van der Waals surface area contributed by atoms with Crippen molar-refractivity contribution in [3.8, 4) is 16.5 Å². The maximum atomic E-state index is 12.3. The van der Waals surface area contributed by atoms with Crippen LogP contribution < -0.4 is 10.1 Å². The zero-order chi connectivity index (χ0) is 18.1. The number of furan rings is 1. The van der Waals surface area contributed by atoms with Crippen molar-refractivity contribution >= 4 is 43.9 Å². The fourth-order valence-electron chi connectivity index (χ4n) is 2.52. The van der Waals surface area contributed by atoms with Gasteiger partial charge in [0.25, 0.3) is 0 Å². The van der Waals surface area contributed by atoms with Crippen LogP contribution in [0.3, 0.4) is 0 Å². The predicted octanol–water partition coefficient (Wildman–Crippen LogP) is 4.51. The number of nitrogens with one attached hydrogen (secondary N) is 1. The molecule has 0 radical (unpaired) electrons. The first-order chi connectivity index (χ1) is 12.6. The Morgan fingerprint density at radius 1 is 1.27 bits per heavy atom. The third-order valence-electron chi connectivity index (χ3n) is 3.69. The van der Waals surface area contributed by atoms with E-state index in [1.54, 1.807) is 7.11 Å². The third-order valence-corrected chi connectivity index (χ3v) is 5.53. The first-order valence-corrected chi connectivity index (χ1v) is 9.56. The largest absolute Gasteiger partial charge is 0.494 e. The van der Waals surface area contributed by atoms with E-state index in [0.717, 1.165) is 26.7 Å². The molecule has 8 heteroatoms. The number of benzene rings is 1. The van der Waals surface area contributed by atoms with Gasteiger partial charge in [-0.05, 0) is 31.2 Å². The van der Waals surface area contributed by atoms with Gasteiger partial charge >= 0.3 is 0 Å². The summed E-state index contributed by atoms with van der Waals surface area (Å²) in [6, 6.07) is 9.47. The number of carbonyl (C=O) groups excluding carboxylic acids is 1. The summed E-state index contributed by atoms with van der Waals surface area (Å²) in [4.78, 5) is 21.3. The molecule has 0 aliphatic heterocycles. The van der Waals surface area contributed by atoms with Gasteiger partial charge in [-0.2, -0.15) is 0 Å². The Balaban J connectivity index is 1.47. The van der Waals surface area contributed by atoms with Crippen LogP contribution in [-0.4, -0.2) is 23.0 Å². The summed E-state index contributed by atoms with van der Waals surface area (Å²) in [5, 5.41) is 6.02. The van der Waals surface area contributed by atoms with E-state index >= 15 is 0 Å². The van der Waals surface area contributed by atoms with Gasteiger partial charge in [-0.1, -0.05) is 17.4 Å². The number of nitrogens with zero attached hydrogens (tertiary/aromatic N) is 2. The third kappa shape index (κ3) is 3.33. The molecule has 0 saturated carbocycles. The van der Waals surface area contributed by atoms with Crippen LogP contribution in [-0.2, 0) is 11.2 Å². The Bertz CT molecular complexity index is 1080. The number of anilines is 1. The molecule has 0 bridgehead atoms. The molecule has 0 saturated heterocycles. The molecule has 0 unspecified atom stereocenters. The van der Waals surface area contributed by atoms with Crippen LogP contribution in [0, 0.1) is 6.92 Å². The maximum Gasteiger partial charge on any atom is 0.232 e. The lowest BCUT2D eigenvalue weighted by Gasteiger charge is -1.99. The number of para-hydroxylation sites is 1. The molecule has 0 spiro atoms. The van der Waals surface area contributed by atoms with Gasteiger partial charge in [0.1, 0.15) is 17.0 Å². The van der Waals surface area contributed by atoms with Crippen molar-refractivity contribution in [1.82, 2.24) is 9.97 Å². The molecule has 26 heavy (non-hydrogen) atoms. The van der Waals surface area contributed by atoms with Crippen molar-refractivity contribution in [2.75, 3.05) is 12.4 Å². The van der Waals surface area contributed by atoms with Gasteiger partial charge < -0.3 is 14.5 Å². The molecule has 0 fully saturated rings. The minimum absolute atomic E-state index is 0.157. The topological polar surface area (TPSA) is 77.2 Å². The second-order valence-corrected chi connectivity index (χ2v) is 7.49. The Labute approximate surface area is 157 Å². The van der Waals surface area contributed by atoms with Crippen molar-refractivity contribution in [2.24, 2.45) is 0 Å². The quantitative estimate of drug-likeness (QED) is 0.547. The smallest absolute Gasteiger partial charge is 0.232 e. The van der Waals surface area contributed by atoms with Gasteiger partial charge in [-0.3, -0.25) is 4.79 Å². The van der Waals surface area contributed by atoms with Crippen LogP contribution >= 0.6 is 22.7 Å². The molecule has 4 aromatic rings. The summed E-state index contributed by atoms with van der Waals surface area (Å²) >= 11 is 2.87. The molecule has 0 aliphatic rings. The Morgan fingerprint density at radius 3 is 2.92 bits per heavy atom. The van der Waals surface area contributed by atoms with Crippen LogP contribution in [0.15, 0.2) is 40.1 Å². The molecule has 6 nitrogen and oxygen atoms in total. The van der Waals surface area contributed by atoms with E-state index in [2.05, 4.69) is 15.3 Å². The summed E-state index contributed by atoms with van der Waals surface area (Å²) in [7, 11) is 1.60. The first kappa shape index (κ1) is 16.7. The van der Waals surface area contributed by atoms with Gasteiger partial charge in [0, 0.05) is 5.38 Å². The number of amides is 1. The highest BCUT2D eigenvalue weighted by Crippen LogP contribution is 2.32. The van der Waals surface area contributed by atoms with E-state index in [9.17, 15) is 4.79 Å². The van der Waals surface area contributed by atoms with Crippen LogP contribution in [0.1, 0.15) is 11.5 Å². The highest BCUT2D eigenvalue weighted by molar-refractivity contribution is 7.22. The number of methoxy groups -OCH3 is 1. The number of aryl methyl sites for hydroxylation is 1. The standard InChI is InChI=1S/C18H15N3O3S2/c1-10-6-7-13(24-10)17-19-11(9-25-17)8-15(22)20-18-21-16-12(23-2)4-3-5-14(16)26-18/h3-7,9H,8H2,1-2H3,(H,20,21,22). The van der Waals surface area contributed by atoms with E-state index in [-0.39, 0.29) is 12.3 Å². The molecule has 4 rings (SSSR count). The first-order valence-electron chi connectivity index (χ1n) is 7.87. The normalized spacial score (nSPS) is 11.0. The summed E-state index contributed by atoms with van der Waals surface area (Å²) in [5.41, 5.74) is 1.45. The SMILES string of the molecule is COc1cccc2sc(NC(=O)Cc3csc(-c4ccc(C)o4)n3)nc12. The van der Waals surface area contributed by atoms with Crippen molar-refractivity contribution in [3.05, 3.63) is 47.2 Å². The fourth-order valence-corrected chi connectivity index (χ4v) is 4.20. The number of fused-ring (bicyclic) bond motifs is 1. The molecular weight excluding hydrogens is 370 g/mol. The lowest BCUT2D eigenvalue weighted by Crippen LogP contribution is -2.14. The Hall–Kier alpha value is -2.71. The van der Waals surface area contributed by atoms with Gasteiger partial charge in [0.2, 0.25) is 5.91 Å². The monoisotopic (exact) mass is 385 g/mol. The molecule has 132 valence electrons. The van der Waals surface area contributed by atoms with E-state index in [1.165, 1.54) is 22.7 Å². The van der Waals surface area contributed by atoms with E-state index in [0.29, 0.717) is 16.6 Å². The highest BCUT2D eigenvalue weighted by atomic mass is 32.1. The van der Waals surface area contributed by atoms with Gasteiger partial charge in [-0.25, -0.2) is 9.97 Å². The summed E-state index contributed by atoms with van der Waals surface area (Å²) in [6.07, 6.45) is 0.184. The van der Waals surface area contributed by atoms with Gasteiger partial charge in [-0.15, -0.1) is 11.3 Å². The maximum absolute atomic E-state index is 12.3. The Morgan fingerprint density at radius 2 is 2.15 bits per heavy atom. The number of ether oxygens (including phenoxy) is 1. The number of hydrogen-bond donors (Lipinski definition) is 1. The summed E-state index contributed by atoms with van der Waals surface area (Å²) in [5.74, 6) is 2.09. The zero-order valence-electron chi connectivity index (χ0n) is 14.1. The molecule has 1 aromatic carbocycles. The number of carbonyl (C=O) groups is 1. The second kappa shape index (κ2) is 6.89. The minimum atomic E-state index is -0.157. The van der Waals surface area contributed by atoms with E-state index in [1.807, 2.05) is 42.6 Å². The molecule has 0 atom stereocenters. The molecule has 0 aliphatic carbocycles. The van der Waals surface area contributed by atoms with Crippen molar-refractivity contribution < 1.29 is 13.9 Å². The highest BCUT2D eigenvalue weighted by Gasteiger charge is 2.14.